The first kappa shape index (κ1) is 22.0. The molecule has 1 aliphatic heterocycles. The Morgan fingerprint density at radius 1 is 1.10 bits per heavy atom. The molecule has 0 N–H and O–H groups in total. The number of carbonyl (C=O) groups is 2. The highest BCUT2D eigenvalue weighted by molar-refractivity contribution is 5.85. The van der Waals surface area contributed by atoms with Gasteiger partial charge in [0.05, 0.1) is 5.41 Å². The number of rotatable bonds is 6. The first-order chi connectivity index (χ1) is 14.3. The SMILES string of the molecule is COCC(=O)N1CCC[C@@](Cc2cccc(-c3cccc(C)c3)c2)(C(=O)N(C)C)C1. The summed E-state index contributed by atoms with van der Waals surface area (Å²) in [5.41, 5.74) is 4.04. The Bertz CT molecular complexity index is 909. The first-order valence-corrected chi connectivity index (χ1v) is 10.5. The second kappa shape index (κ2) is 9.43. The molecule has 5 heteroatoms. The van der Waals surface area contributed by atoms with Gasteiger partial charge in [0.2, 0.25) is 11.8 Å². The lowest BCUT2D eigenvalue weighted by Crippen LogP contribution is -2.54. The van der Waals surface area contributed by atoms with Crippen LogP contribution in [-0.4, -0.2) is 62.5 Å². The number of hydrogen-bond acceptors (Lipinski definition) is 3. The number of benzene rings is 2. The third-order valence-corrected chi connectivity index (χ3v) is 5.88. The number of carbonyl (C=O) groups excluding carboxylic acids is 2. The number of likely N-dealkylation sites (tertiary alicyclic amines) is 1. The van der Waals surface area contributed by atoms with Gasteiger partial charge in [-0.25, -0.2) is 0 Å². The van der Waals surface area contributed by atoms with Crippen molar-refractivity contribution < 1.29 is 14.3 Å². The van der Waals surface area contributed by atoms with E-state index in [9.17, 15) is 9.59 Å². The molecule has 1 heterocycles. The molecule has 2 aromatic rings. The number of ether oxygens (including phenoxy) is 1. The summed E-state index contributed by atoms with van der Waals surface area (Å²) >= 11 is 0. The van der Waals surface area contributed by atoms with Crippen LogP contribution in [0.4, 0.5) is 0 Å². The third kappa shape index (κ3) is 4.90. The molecule has 3 rings (SSSR count). The summed E-state index contributed by atoms with van der Waals surface area (Å²) in [7, 11) is 5.11. The van der Waals surface area contributed by atoms with Crippen LogP contribution in [0.1, 0.15) is 24.0 Å². The Balaban J connectivity index is 1.92. The monoisotopic (exact) mass is 408 g/mol. The summed E-state index contributed by atoms with van der Waals surface area (Å²) in [5, 5.41) is 0. The molecule has 2 amide bonds. The van der Waals surface area contributed by atoms with Crippen LogP contribution < -0.4 is 0 Å². The van der Waals surface area contributed by atoms with Gasteiger partial charge in [0.25, 0.3) is 0 Å². The van der Waals surface area contributed by atoms with E-state index in [1.807, 2.05) is 0 Å². The van der Waals surface area contributed by atoms with E-state index in [1.54, 1.807) is 23.9 Å². The van der Waals surface area contributed by atoms with Gasteiger partial charge in [-0.3, -0.25) is 9.59 Å². The van der Waals surface area contributed by atoms with Crippen LogP contribution >= 0.6 is 0 Å². The van der Waals surface area contributed by atoms with E-state index in [0.717, 1.165) is 24.0 Å². The fraction of sp³-hybridized carbons (Fsp3) is 0.440. The summed E-state index contributed by atoms with van der Waals surface area (Å²) in [6, 6.07) is 16.9. The van der Waals surface area contributed by atoms with E-state index < -0.39 is 5.41 Å². The molecule has 0 unspecified atom stereocenters. The van der Waals surface area contributed by atoms with E-state index in [4.69, 9.17) is 4.74 Å². The lowest BCUT2D eigenvalue weighted by atomic mass is 9.73. The quantitative estimate of drug-likeness (QED) is 0.735. The molecule has 0 bridgehead atoms. The molecule has 0 aromatic heterocycles. The highest BCUT2D eigenvalue weighted by Crippen LogP contribution is 2.36. The van der Waals surface area contributed by atoms with Crippen molar-refractivity contribution in [1.29, 1.82) is 0 Å². The fourth-order valence-corrected chi connectivity index (χ4v) is 4.50. The van der Waals surface area contributed by atoms with E-state index in [2.05, 4.69) is 55.5 Å². The summed E-state index contributed by atoms with van der Waals surface area (Å²) in [6.45, 7) is 3.25. The topological polar surface area (TPSA) is 49.9 Å². The van der Waals surface area contributed by atoms with E-state index in [-0.39, 0.29) is 18.4 Å². The minimum absolute atomic E-state index is 0.0507. The van der Waals surface area contributed by atoms with Gasteiger partial charge in [0.1, 0.15) is 6.61 Å². The predicted octanol–water partition coefficient (Wildman–Crippen LogP) is 3.55. The minimum Gasteiger partial charge on any atom is -0.375 e. The van der Waals surface area contributed by atoms with Crippen molar-refractivity contribution in [1.82, 2.24) is 9.80 Å². The number of hydrogen-bond donors (Lipinski definition) is 0. The number of piperidine rings is 1. The van der Waals surface area contributed by atoms with Crippen LogP contribution in [-0.2, 0) is 20.7 Å². The van der Waals surface area contributed by atoms with Crippen molar-refractivity contribution in [3.05, 3.63) is 59.7 Å². The molecule has 1 saturated heterocycles. The molecular formula is C25H32N2O3. The Morgan fingerprint density at radius 2 is 1.80 bits per heavy atom. The summed E-state index contributed by atoms with van der Waals surface area (Å²) < 4.78 is 5.04. The summed E-state index contributed by atoms with van der Waals surface area (Å²) in [4.78, 5) is 29.2. The molecule has 1 atom stereocenters. The van der Waals surface area contributed by atoms with Crippen molar-refractivity contribution in [2.75, 3.05) is 40.9 Å². The van der Waals surface area contributed by atoms with Gasteiger partial charge >= 0.3 is 0 Å². The standard InChI is InChI=1S/C25H32N2O3/c1-19-8-5-10-21(14-19)22-11-6-9-20(15-22)16-25(24(29)26(2)3)12-7-13-27(18-25)23(28)17-30-4/h5-6,8-11,14-15H,7,12-13,16-18H2,1-4H3/t25-/m0/s1. The average molecular weight is 409 g/mol. The molecular weight excluding hydrogens is 376 g/mol. The zero-order chi connectivity index (χ0) is 21.7. The molecule has 160 valence electrons. The smallest absolute Gasteiger partial charge is 0.248 e. The number of nitrogens with zero attached hydrogens (tertiary/aromatic N) is 2. The molecule has 30 heavy (non-hydrogen) atoms. The Morgan fingerprint density at radius 3 is 2.47 bits per heavy atom. The van der Waals surface area contributed by atoms with Crippen LogP contribution in [0.3, 0.4) is 0 Å². The zero-order valence-electron chi connectivity index (χ0n) is 18.5. The van der Waals surface area contributed by atoms with Crippen LogP contribution in [0.25, 0.3) is 11.1 Å². The maximum Gasteiger partial charge on any atom is 0.248 e. The van der Waals surface area contributed by atoms with Crippen LogP contribution in [0.15, 0.2) is 48.5 Å². The van der Waals surface area contributed by atoms with Crippen molar-refractivity contribution in [2.45, 2.75) is 26.2 Å². The van der Waals surface area contributed by atoms with Crippen LogP contribution in [0, 0.1) is 12.3 Å². The second-order valence-corrected chi connectivity index (χ2v) is 8.58. The number of aryl methyl sites for hydroxylation is 1. The van der Waals surface area contributed by atoms with Gasteiger partial charge in [-0.15, -0.1) is 0 Å². The summed E-state index contributed by atoms with van der Waals surface area (Å²) in [5.74, 6) is 0.0278. The predicted molar refractivity (Wildman–Crippen MR) is 119 cm³/mol. The number of amides is 2. The minimum atomic E-state index is -0.615. The molecule has 2 aromatic carbocycles. The molecule has 0 aliphatic carbocycles. The first-order valence-electron chi connectivity index (χ1n) is 10.5. The fourth-order valence-electron chi connectivity index (χ4n) is 4.50. The molecule has 5 nitrogen and oxygen atoms in total. The summed E-state index contributed by atoms with van der Waals surface area (Å²) in [6.07, 6.45) is 2.20. The van der Waals surface area contributed by atoms with Gasteiger partial charge in [-0.2, -0.15) is 0 Å². The molecule has 1 fully saturated rings. The Labute approximate surface area is 179 Å². The van der Waals surface area contributed by atoms with Crippen molar-refractivity contribution in [3.63, 3.8) is 0 Å². The Hall–Kier alpha value is -2.66. The maximum absolute atomic E-state index is 13.3. The van der Waals surface area contributed by atoms with Gasteiger partial charge in [-0.05, 0) is 42.9 Å². The van der Waals surface area contributed by atoms with Crippen LogP contribution in [0.2, 0.25) is 0 Å². The number of methoxy groups -OCH3 is 1. The van der Waals surface area contributed by atoms with Crippen molar-refractivity contribution >= 4 is 11.8 Å². The van der Waals surface area contributed by atoms with Gasteiger partial charge in [0, 0.05) is 34.3 Å². The molecule has 1 aliphatic rings. The highest BCUT2D eigenvalue weighted by atomic mass is 16.5. The van der Waals surface area contributed by atoms with Crippen molar-refractivity contribution in [2.24, 2.45) is 5.41 Å². The maximum atomic E-state index is 13.3. The van der Waals surface area contributed by atoms with E-state index in [0.29, 0.717) is 19.5 Å². The van der Waals surface area contributed by atoms with Crippen molar-refractivity contribution in [3.8, 4) is 11.1 Å². The van der Waals surface area contributed by atoms with Gasteiger partial charge in [-0.1, -0.05) is 54.1 Å². The Kier molecular flexibility index (Phi) is 6.93. The lowest BCUT2D eigenvalue weighted by Gasteiger charge is -2.43. The molecule has 0 radical (unpaired) electrons. The zero-order valence-corrected chi connectivity index (χ0v) is 18.5. The second-order valence-electron chi connectivity index (χ2n) is 8.58. The average Bonchev–Trinajstić information content (AvgIpc) is 2.73. The van der Waals surface area contributed by atoms with Gasteiger partial charge < -0.3 is 14.5 Å². The third-order valence-electron chi connectivity index (χ3n) is 5.88. The lowest BCUT2D eigenvalue weighted by molar-refractivity contribution is -0.148. The largest absolute Gasteiger partial charge is 0.375 e. The molecule has 0 spiro atoms. The normalized spacial score (nSPS) is 18.9. The molecule has 0 saturated carbocycles. The van der Waals surface area contributed by atoms with Gasteiger partial charge in [0.15, 0.2) is 0 Å². The van der Waals surface area contributed by atoms with E-state index in [1.165, 1.54) is 18.2 Å². The van der Waals surface area contributed by atoms with Crippen LogP contribution in [0.5, 0.6) is 0 Å². The van der Waals surface area contributed by atoms with E-state index >= 15 is 0 Å². The highest BCUT2D eigenvalue weighted by Gasteiger charge is 2.44.